The highest BCUT2D eigenvalue weighted by Crippen LogP contribution is 2.25. The molecule has 0 saturated heterocycles. The molecule has 0 N–H and O–H groups in total. The largest absolute Gasteiger partial charge is 0.486 e. The third-order valence-corrected chi connectivity index (χ3v) is 5.59. The van der Waals surface area contributed by atoms with Gasteiger partial charge in [0.05, 0.1) is 6.54 Å². The number of thiophene rings is 1. The van der Waals surface area contributed by atoms with E-state index in [1.807, 2.05) is 60.0 Å². The minimum Gasteiger partial charge on any atom is -0.486 e. The molecule has 0 atom stereocenters. The lowest BCUT2D eigenvalue weighted by Gasteiger charge is -2.18. The van der Waals surface area contributed by atoms with Gasteiger partial charge in [0.25, 0.3) is 0 Å². The predicted molar refractivity (Wildman–Crippen MR) is 127 cm³/mol. The third kappa shape index (κ3) is 6.11. The monoisotopic (exact) mass is 427 g/mol. The Labute approximate surface area is 187 Å². The molecule has 4 aromatic rings. The SMILES string of the molecule is CCN(CC#Cc1ccccc1)Cc1cccc(OCc2ccc(-c3ccsc3)o2)c1. The van der Waals surface area contributed by atoms with Crippen molar-refractivity contribution in [2.24, 2.45) is 0 Å². The summed E-state index contributed by atoms with van der Waals surface area (Å²) >= 11 is 1.66. The van der Waals surface area contributed by atoms with E-state index < -0.39 is 0 Å². The summed E-state index contributed by atoms with van der Waals surface area (Å²) in [7, 11) is 0. The maximum atomic E-state index is 5.98. The van der Waals surface area contributed by atoms with Gasteiger partial charge < -0.3 is 9.15 Å². The maximum absolute atomic E-state index is 5.98. The summed E-state index contributed by atoms with van der Waals surface area (Å²) in [6.45, 7) is 5.07. The fourth-order valence-electron chi connectivity index (χ4n) is 3.22. The van der Waals surface area contributed by atoms with Crippen LogP contribution in [0.25, 0.3) is 11.3 Å². The van der Waals surface area contributed by atoms with Crippen LogP contribution in [0, 0.1) is 11.8 Å². The van der Waals surface area contributed by atoms with E-state index in [0.29, 0.717) is 6.61 Å². The van der Waals surface area contributed by atoms with Gasteiger partial charge in [-0.05, 0) is 60.0 Å². The van der Waals surface area contributed by atoms with E-state index in [-0.39, 0.29) is 0 Å². The fourth-order valence-corrected chi connectivity index (χ4v) is 3.86. The van der Waals surface area contributed by atoms with Crippen molar-refractivity contribution in [3.8, 4) is 28.9 Å². The molecule has 2 aromatic heterocycles. The summed E-state index contributed by atoms with van der Waals surface area (Å²) in [5.41, 5.74) is 3.36. The van der Waals surface area contributed by atoms with Gasteiger partial charge in [0.2, 0.25) is 0 Å². The van der Waals surface area contributed by atoms with Crippen molar-refractivity contribution < 1.29 is 9.15 Å². The zero-order valence-corrected chi connectivity index (χ0v) is 18.4. The first kappa shape index (κ1) is 21.0. The van der Waals surface area contributed by atoms with Gasteiger partial charge in [0, 0.05) is 23.1 Å². The van der Waals surface area contributed by atoms with Gasteiger partial charge in [0.1, 0.15) is 23.9 Å². The molecule has 0 saturated carbocycles. The first-order chi connectivity index (χ1) is 15.3. The average Bonchev–Trinajstić information content (AvgIpc) is 3.50. The minimum atomic E-state index is 0.410. The van der Waals surface area contributed by atoms with Crippen LogP contribution in [0.15, 0.2) is 88.0 Å². The van der Waals surface area contributed by atoms with Crippen molar-refractivity contribution >= 4 is 11.3 Å². The lowest BCUT2D eigenvalue weighted by atomic mass is 10.2. The predicted octanol–water partition coefficient (Wildman–Crippen LogP) is 6.46. The van der Waals surface area contributed by atoms with E-state index in [0.717, 1.165) is 48.0 Å². The molecule has 0 unspecified atom stereocenters. The van der Waals surface area contributed by atoms with Gasteiger partial charge in [-0.1, -0.05) is 49.1 Å². The summed E-state index contributed by atoms with van der Waals surface area (Å²) in [6.07, 6.45) is 0. The highest BCUT2D eigenvalue weighted by Gasteiger charge is 2.07. The van der Waals surface area contributed by atoms with Crippen LogP contribution in [0.1, 0.15) is 23.8 Å². The van der Waals surface area contributed by atoms with Crippen LogP contribution in [-0.4, -0.2) is 18.0 Å². The van der Waals surface area contributed by atoms with E-state index >= 15 is 0 Å². The Hall–Kier alpha value is -3.26. The van der Waals surface area contributed by atoms with Crippen LogP contribution < -0.4 is 4.74 Å². The normalized spacial score (nSPS) is 10.6. The van der Waals surface area contributed by atoms with Crippen molar-refractivity contribution in [2.75, 3.05) is 13.1 Å². The molecule has 0 amide bonds. The van der Waals surface area contributed by atoms with Crippen LogP contribution in [0.4, 0.5) is 0 Å². The van der Waals surface area contributed by atoms with Crippen molar-refractivity contribution in [1.29, 1.82) is 0 Å². The molecule has 2 heterocycles. The third-order valence-electron chi connectivity index (χ3n) is 4.91. The average molecular weight is 428 g/mol. The van der Waals surface area contributed by atoms with Gasteiger partial charge in [-0.25, -0.2) is 0 Å². The molecule has 4 heteroatoms. The first-order valence-electron chi connectivity index (χ1n) is 10.4. The van der Waals surface area contributed by atoms with Gasteiger partial charge in [-0.15, -0.1) is 0 Å². The summed E-state index contributed by atoms with van der Waals surface area (Å²) in [4.78, 5) is 2.31. The zero-order valence-electron chi connectivity index (χ0n) is 17.6. The topological polar surface area (TPSA) is 25.6 Å². The standard InChI is InChI=1S/C27H25NO2S/c1-2-28(16-7-11-22-8-4-3-5-9-22)19-23-10-6-12-25(18-23)29-20-26-13-14-27(30-26)24-15-17-31-21-24/h3-6,8-10,12-15,17-18,21H,2,16,19-20H2,1H3. The van der Waals surface area contributed by atoms with Crippen molar-refractivity contribution in [1.82, 2.24) is 4.90 Å². The van der Waals surface area contributed by atoms with E-state index in [2.05, 4.69) is 47.2 Å². The summed E-state index contributed by atoms with van der Waals surface area (Å²) in [5.74, 6) is 9.05. The van der Waals surface area contributed by atoms with E-state index in [9.17, 15) is 0 Å². The number of rotatable bonds is 8. The van der Waals surface area contributed by atoms with Crippen LogP contribution in [-0.2, 0) is 13.2 Å². The number of nitrogens with zero attached hydrogens (tertiary/aromatic N) is 1. The molecule has 0 radical (unpaired) electrons. The molecule has 156 valence electrons. The maximum Gasteiger partial charge on any atom is 0.146 e. The highest BCUT2D eigenvalue weighted by molar-refractivity contribution is 7.08. The summed E-state index contributed by atoms with van der Waals surface area (Å²) in [6, 6.07) is 24.4. The van der Waals surface area contributed by atoms with Crippen LogP contribution >= 0.6 is 11.3 Å². The molecule has 0 aliphatic heterocycles. The minimum absolute atomic E-state index is 0.410. The van der Waals surface area contributed by atoms with Gasteiger partial charge >= 0.3 is 0 Å². The molecule has 2 aromatic carbocycles. The van der Waals surface area contributed by atoms with Crippen molar-refractivity contribution in [3.63, 3.8) is 0 Å². The van der Waals surface area contributed by atoms with Crippen molar-refractivity contribution in [3.05, 3.63) is 100 Å². The molecule has 3 nitrogen and oxygen atoms in total. The number of hydrogen-bond acceptors (Lipinski definition) is 4. The molecule has 0 fully saturated rings. The second-order valence-electron chi connectivity index (χ2n) is 7.19. The molecular weight excluding hydrogens is 402 g/mol. The molecule has 0 aliphatic carbocycles. The second kappa shape index (κ2) is 10.7. The van der Waals surface area contributed by atoms with Gasteiger partial charge in [0.15, 0.2) is 0 Å². The fraction of sp³-hybridized carbons (Fsp3) is 0.185. The molecule has 0 spiro atoms. The molecule has 0 aliphatic rings. The Kier molecular flexibility index (Phi) is 7.23. The first-order valence-corrected chi connectivity index (χ1v) is 11.3. The summed E-state index contributed by atoms with van der Waals surface area (Å²) < 4.78 is 11.9. The van der Waals surface area contributed by atoms with E-state index in [4.69, 9.17) is 9.15 Å². The number of benzene rings is 2. The molecule has 31 heavy (non-hydrogen) atoms. The van der Waals surface area contributed by atoms with Gasteiger partial charge in [-0.2, -0.15) is 11.3 Å². The smallest absolute Gasteiger partial charge is 0.146 e. The highest BCUT2D eigenvalue weighted by atomic mass is 32.1. The molecular formula is C27H25NO2S. The van der Waals surface area contributed by atoms with Crippen LogP contribution in [0.5, 0.6) is 5.75 Å². The zero-order chi connectivity index (χ0) is 21.3. The molecule has 4 rings (SSSR count). The van der Waals surface area contributed by atoms with Crippen LogP contribution in [0.3, 0.4) is 0 Å². The molecule has 0 bridgehead atoms. The lowest BCUT2D eigenvalue weighted by Crippen LogP contribution is -2.23. The Bertz CT molecular complexity index is 1140. The van der Waals surface area contributed by atoms with Gasteiger partial charge in [-0.3, -0.25) is 4.90 Å². The Balaban J connectivity index is 1.32. The Morgan fingerprint density at radius 1 is 1.00 bits per heavy atom. The Morgan fingerprint density at radius 2 is 1.90 bits per heavy atom. The van der Waals surface area contributed by atoms with Crippen molar-refractivity contribution in [2.45, 2.75) is 20.1 Å². The number of ether oxygens (including phenoxy) is 1. The van der Waals surface area contributed by atoms with E-state index in [1.54, 1.807) is 11.3 Å². The second-order valence-corrected chi connectivity index (χ2v) is 7.97. The Morgan fingerprint density at radius 3 is 2.71 bits per heavy atom. The quantitative estimate of drug-likeness (QED) is 0.302. The van der Waals surface area contributed by atoms with Crippen LogP contribution in [0.2, 0.25) is 0 Å². The lowest BCUT2D eigenvalue weighted by molar-refractivity contribution is 0.270. The summed E-state index contributed by atoms with van der Waals surface area (Å²) in [5, 5.41) is 4.13. The number of furan rings is 1. The van der Waals surface area contributed by atoms with E-state index in [1.165, 1.54) is 5.56 Å². The number of hydrogen-bond donors (Lipinski definition) is 0.